The molecule has 232 valence electrons. The summed E-state index contributed by atoms with van der Waals surface area (Å²) in [6.07, 6.45) is 7.27. The second-order valence-electron chi connectivity index (χ2n) is 13.4. The van der Waals surface area contributed by atoms with E-state index in [1.165, 1.54) is 4.90 Å². The summed E-state index contributed by atoms with van der Waals surface area (Å²) in [6, 6.07) is 5.31. The number of carbonyl (C=O) groups excluding carboxylic acids is 2. The molecule has 1 aromatic carbocycles. The molecule has 2 saturated carbocycles. The Bertz CT molecular complexity index is 1390. The van der Waals surface area contributed by atoms with Crippen LogP contribution in [0.5, 0.6) is 11.6 Å². The SMILES string of the molecule is CC1[C@H]2CCCCCc3c(nc4ccccc4c3O)O[C@@H]3C[C@@H](C(=O)O)N(C3)C(=O)[C@H](C3(C)CCCCC3)NC(=O)O[C@H]12. The molecule has 2 bridgehead atoms. The van der Waals surface area contributed by atoms with E-state index in [-0.39, 0.29) is 42.5 Å². The fourth-order valence-electron chi connectivity index (χ4n) is 7.66. The molecule has 0 radical (unpaired) electrons. The summed E-state index contributed by atoms with van der Waals surface area (Å²) in [5, 5.41) is 25.0. The molecule has 3 heterocycles. The summed E-state index contributed by atoms with van der Waals surface area (Å²) in [5.41, 5.74) is 0.672. The van der Waals surface area contributed by atoms with Crippen LogP contribution in [0.15, 0.2) is 24.3 Å². The zero-order chi connectivity index (χ0) is 30.3. The lowest BCUT2D eigenvalue weighted by molar-refractivity contribution is -0.150. The molecule has 6 atom stereocenters. The van der Waals surface area contributed by atoms with Crippen LogP contribution in [0.3, 0.4) is 0 Å². The third kappa shape index (κ3) is 5.85. The number of para-hydroxylation sites is 1. The quantitative estimate of drug-likeness (QED) is 0.433. The Labute approximate surface area is 252 Å². The first kappa shape index (κ1) is 29.5. The van der Waals surface area contributed by atoms with E-state index in [4.69, 9.17) is 14.5 Å². The highest BCUT2D eigenvalue weighted by Crippen LogP contribution is 2.46. The number of amides is 2. The smallest absolute Gasteiger partial charge is 0.408 e. The maximum Gasteiger partial charge on any atom is 0.408 e. The van der Waals surface area contributed by atoms with E-state index in [9.17, 15) is 24.6 Å². The first-order valence-electron chi connectivity index (χ1n) is 15.9. The van der Waals surface area contributed by atoms with Crippen molar-refractivity contribution < 1.29 is 34.1 Å². The van der Waals surface area contributed by atoms with Crippen LogP contribution in [0.2, 0.25) is 0 Å². The standard InChI is InChI=1S/C33H43N3O7/c1-19-21-11-5-3-6-13-23-26(37)22-12-7-8-14-24(22)34-29(23)42-20-17-25(31(39)40)36(18-20)30(38)28(35-32(41)43-27(19)21)33(2)15-9-4-10-16-33/h7-8,12,14,19-21,25,27-28H,3-6,9-11,13,15-18H2,1-2H3,(H,34,37)(H,35,41)(H,39,40)/t19?,20-,21-,25+,27-,28-/m1/s1. The van der Waals surface area contributed by atoms with Crippen molar-refractivity contribution in [1.82, 2.24) is 15.2 Å². The lowest BCUT2D eigenvalue weighted by Gasteiger charge is -2.41. The largest absolute Gasteiger partial charge is 0.507 e. The van der Waals surface area contributed by atoms with E-state index >= 15 is 0 Å². The van der Waals surface area contributed by atoms with E-state index in [0.717, 1.165) is 57.8 Å². The Balaban J connectivity index is 1.35. The monoisotopic (exact) mass is 593 g/mol. The third-order valence-corrected chi connectivity index (χ3v) is 10.4. The van der Waals surface area contributed by atoms with Crippen molar-refractivity contribution in [3.05, 3.63) is 29.8 Å². The number of benzene rings is 1. The number of carboxylic acid groups (broad SMARTS) is 1. The molecule has 6 rings (SSSR count). The number of alkyl carbamates (subject to hydrolysis) is 1. The highest BCUT2D eigenvalue weighted by molar-refractivity contribution is 5.91. The van der Waals surface area contributed by atoms with Gasteiger partial charge in [-0.15, -0.1) is 0 Å². The molecule has 0 spiro atoms. The van der Waals surface area contributed by atoms with Crippen LogP contribution in [0.1, 0.15) is 83.6 Å². The van der Waals surface area contributed by atoms with E-state index in [1.807, 2.05) is 31.2 Å². The Morgan fingerprint density at radius 2 is 1.81 bits per heavy atom. The number of hydrogen-bond acceptors (Lipinski definition) is 7. The Hall–Kier alpha value is -3.56. The maximum absolute atomic E-state index is 14.3. The van der Waals surface area contributed by atoms with Crippen LogP contribution in [0, 0.1) is 17.3 Å². The van der Waals surface area contributed by atoms with Crippen molar-refractivity contribution in [3.63, 3.8) is 0 Å². The first-order chi connectivity index (χ1) is 20.7. The maximum atomic E-state index is 14.3. The molecule has 2 aliphatic heterocycles. The lowest BCUT2D eigenvalue weighted by Crippen LogP contribution is -2.58. The van der Waals surface area contributed by atoms with E-state index in [1.54, 1.807) is 0 Å². The van der Waals surface area contributed by atoms with Crippen LogP contribution < -0.4 is 10.1 Å². The van der Waals surface area contributed by atoms with E-state index in [0.29, 0.717) is 22.9 Å². The minimum Gasteiger partial charge on any atom is -0.507 e. The van der Waals surface area contributed by atoms with Gasteiger partial charge in [0.2, 0.25) is 11.8 Å². The number of fused-ring (bicyclic) bond motifs is 5. The normalized spacial score (nSPS) is 31.4. The average Bonchev–Trinajstić information content (AvgIpc) is 3.36. The van der Waals surface area contributed by atoms with Crippen molar-refractivity contribution in [2.75, 3.05) is 6.54 Å². The minimum atomic E-state index is -1.12. The molecule has 2 aliphatic carbocycles. The molecule has 3 N–H and O–H groups in total. The number of ether oxygens (including phenoxy) is 2. The van der Waals surface area contributed by atoms with Crippen LogP contribution in [0.25, 0.3) is 10.9 Å². The number of nitrogens with zero attached hydrogens (tertiary/aromatic N) is 2. The van der Waals surface area contributed by atoms with Crippen molar-refractivity contribution in [1.29, 1.82) is 0 Å². The van der Waals surface area contributed by atoms with Crippen molar-refractivity contribution in [2.45, 2.75) is 109 Å². The van der Waals surface area contributed by atoms with Gasteiger partial charge >= 0.3 is 12.1 Å². The first-order valence-corrected chi connectivity index (χ1v) is 15.9. The number of nitrogens with one attached hydrogen (secondary N) is 1. The summed E-state index contributed by atoms with van der Waals surface area (Å²) in [7, 11) is 0. The second kappa shape index (κ2) is 11.8. The zero-order valence-corrected chi connectivity index (χ0v) is 25.1. The average molecular weight is 594 g/mol. The van der Waals surface area contributed by atoms with Crippen LogP contribution in [-0.2, 0) is 20.7 Å². The number of aliphatic carboxylic acids is 1. The highest BCUT2D eigenvalue weighted by Gasteiger charge is 2.52. The number of aromatic nitrogens is 1. The molecule has 2 amide bonds. The van der Waals surface area contributed by atoms with Gasteiger partial charge < -0.3 is 29.9 Å². The fourth-order valence-corrected chi connectivity index (χ4v) is 7.66. The second-order valence-corrected chi connectivity index (χ2v) is 13.4. The van der Waals surface area contributed by atoms with Gasteiger partial charge in [-0.2, -0.15) is 0 Å². The molecule has 10 nitrogen and oxygen atoms in total. The van der Waals surface area contributed by atoms with Gasteiger partial charge in [-0.3, -0.25) is 4.79 Å². The van der Waals surface area contributed by atoms with Crippen LogP contribution in [0.4, 0.5) is 4.79 Å². The Morgan fingerprint density at radius 1 is 1.07 bits per heavy atom. The van der Waals surface area contributed by atoms with E-state index in [2.05, 4.69) is 12.2 Å². The lowest BCUT2D eigenvalue weighted by atomic mass is 9.70. The van der Waals surface area contributed by atoms with Crippen molar-refractivity contribution >= 4 is 28.9 Å². The molecule has 43 heavy (non-hydrogen) atoms. The Morgan fingerprint density at radius 3 is 2.58 bits per heavy atom. The van der Waals surface area contributed by atoms with Gasteiger partial charge in [0.15, 0.2) is 0 Å². The summed E-state index contributed by atoms with van der Waals surface area (Å²) < 4.78 is 12.2. The van der Waals surface area contributed by atoms with Gasteiger partial charge in [-0.1, -0.05) is 58.1 Å². The van der Waals surface area contributed by atoms with Gasteiger partial charge in [0.05, 0.1) is 17.6 Å². The number of aromatic hydroxyl groups is 1. The topological polar surface area (TPSA) is 138 Å². The minimum absolute atomic E-state index is 0.0373. The molecule has 1 aromatic heterocycles. The molecular weight excluding hydrogens is 550 g/mol. The van der Waals surface area contributed by atoms with Crippen molar-refractivity contribution in [3.8, 4) is 11.6 Å². The molecule has 1 saturated heterocycles. The number of rotatable bonds is 2. The van der Waals surface area contributed by atoms with Crippen molar-refractivity contribution in [2.24, 2.45) is 17.3 Å². The predicted molar refractivity (Wildman–Crippen MR) is 159 cm³/mol. The molecule has 3 fully saturated rings. The zero-order valence-electron chi connectivity index (χ0n) is 25.1. The number of pyridine rings is 1. The van der Waals surface area contributed by atoms with Crippen LogP contribution in [-0.4, -0.2) is 68.9 Å². The molecule has 4 aliphatic rings. The van der Waals surface area contributed by atoms with Gasteiger partial charge in [0.25, 0.3) is 0 Å². The number of carboxylic acids is 1. The van der Waals surface area contributed by atoms with Crippen LogP contribution >= 0.6 is 0 Å². The van der Waals surface area contributed by atoms with Gasteiger partial charge in [-0.25, -0.2) is 14.6 Å². The molecule has 2 aromatic rings. The van der Waals surface area contributed by atoms with E-state index < -0.39 is 41.6 Å². The number of carbonyl (C=O) groups is 3. The van der Waals surface area contributed by atoms with Gasteiger partial charge in [0, 0.05) is 17.7 Å². The third-order valence-electron chi connectivity index (χ3n) is 10.4. The molecular formula is C33H43N3O7. The summed E-state index contributed by atoms with van der Waals surface area (Å²) >= 11 is 0. The number of hydrogen-bond donors (Lipinski definition) is 3. The molecule has 1 unspecified atom stereocenters. The summed E-state index contributed by atoms with van der Waals surface area (Å²) in [5.74, 6) is -0.603. The highest BCUT2D eigenvalue weighted by atomic mass is 16.6. The Kier molecular flexibility index (Phi) is 8.13. The summed E-state index contributed by atoms with van der Waals surface area (Å²) in [4.78, 5) is 46.1. The predicted octanol–water partition coefficient (Wildman–Crippen LogP) is 5.19. The van der Waals surface area contributed by atoms with Gasteiger partial charge in [-0.05, 0) is 55.6 Å². The fraction of sp³-hybridized carbons (Fsp3) is 0.636. The van der Waals surface area contributed by atoms with Gasteiger partial charge in [0.1, 0.15) is 30.0 Å². The molecule has 10 heteroatoms. The summed E-state index contributed by atoms with van der Waals surface area (Å²) in [6.45, 7) is 4.13.